The number of aromatic nitrogens is 8. The third-order valence-corrected chi connectivity index (χ3v) is 36.4. The van der Waals surface area contributed by atoms with E-state index in [1.165, 1.54) is 208 Å². The number of benzene rings is 4. The molecule has 141 heavy (non-hydrogen) atoms. The Morgan fingerprint density at radius 3 is 1.20 bits per heavy atom. The summed E-state index contributed by atoms with van der Waals surface area (Å²) in [6.07, 6.45) is 37.0. The molecule has 1 amide bonds. The summed E-state index contributed by atoms with van der Waals surface area (Å²) in [5, 5.41) is 46.3. The minimum atomic E-state index is -0.588. The number of aliphatic hydroxyl groups excluding tert-OH is 2. The van der Waals surface area contributed by atoms with Crippen molar-refractivity contribution in [2.45, 2.75) is 220 Å². The number of amides is 1. The number of allylic oxidation sites excluding steroid dienone is 3. The molecule has 0 spiro atoms. The lowest BCUT2D eigenvalue weighted by molar-refractivity contribution is -0.136. The normalized spacial score (nSPS) is 19.3. The van der Waals surface area contributed by atoms with Gasteiger partial charge in [0.15, 0.2) is 0 Å². The van der Waals surface area contributed by atoms with Crippen LogP contribution in [0.1, 0.15) is 215 Å². The van der Waals surface area contributed by atoms with Gasteiger partial charge in [0.05, 0.1) is 81.5 Å². The van der Waals surface area contributed by atoms with Gasteiger partial charge in [-0.15, -0.1) is 45.3 Å². The number of hydrogen-bond donors (Lipinski definition) is 4. The summed E-state index contributed by atoms with van der Waals surface area (Å²) in [6, 6.07) is 26.7. The second-order valence-corrected chi connectivity index (χ2v) is 46.6. The van der Waals surface area contributed by atoms with Crippen LogP contribution in [0, 0.1) is 18.8 Å². The number of aliphatic hydroxyl groups is 4. The molecule has 27 heteroatoms. The zero-order valence-corrected chi connectivity index (χ0v) is 87.0. The van der Waals surface area contributed by atoms with Crippen LogP contribution in [0.25, 0.3) is 104 Å². The van der Waals surface area contributed by atoms with Gasteiger partial charge in [0, 0.05) is 187 Å². The number of anilines is 4. The summed E-state index contributed by atoms with van der Waals surface area (Å²) in [5.74, 6) is 4.15. The van der Waals surface area contributed by atoms with E-state index in [-0.39, 0.29) is 12.5 Å². The predicted molar refractivity (Wildman–Crippen MR) is 582 cm³/mol. The van der Waals surface area contributed by atoms with E-state index in [1.807, 2.05) is 39.0 Å². The number of thiophene rings is 4. The maximum absolute atomic E-state index is 11.9. The van der Waals surface area contributed by atoms with Crippen molar-refractivity contribution in [3.63, 3.8) is 0 Å². The molecule has 4 N–H and O–H groups in total. The first-order valence-corrected chi connectivity index (χ1v) is 56.4. The van der Waals surface area contributed by atoms with Crippen LogP contribution in [0.15, 0.2) is 107 Å². The second-order valence-electron chi connectivity index (χ2n) is 42.7. The molecule has 12 aliphatic rings. The number of carbonyl (C=O) groups excluding carboxylic acids is 1. The first-order valence-electron chi connectivity index (χ1n) is 52.9. The van der Waals surface area contributed by atoms with Gasteiger partial charge >= 0.3 is 0 Å². The van der Waals surface area contributed by atoms with Crippen LogP contribution in [0.5, 0.6) is 0 Å². The first kappa shape index (κ1) is 97.6. The number of carbonyl (C=O) groups is 1. The molecule has 12 aromatic rings. The standard InChI is InChI=1S/C30H38N4OS.C29H38N4OS.C28H33N5O2S.C27H33N5OS/c1-20-16-21-8-7-9-24(25(21)17-20)27-28-26(31-29(32-27)34-12-5-4-6-13-34)22(19-36-28)18-33-14-10-23(11-15-33)30(2,3)35;1-29(2,34)22-12-16-32(17-13-22)18-21-19-35-27-25(21)30-28(33-14-4-3-5-15-33)31-26(27)24-11-7-9-20-8-6-10-23(20)24;1-19-23(17-31-13-15-32(16-14-31)24(35)18-34)26-27(36-19)25(22-10-6-8-20-7-5-9-21(20)22)29-28(30-26)33-11-3-2-4-12-33;33-17-16-30-12-14-31(15-13-30)18-21-19-34-26-24(21)28-27(32-10-2-1-3-11-32)29-25(26)23-9-5-7-20-6-4-8-22(20)23/h7-9,17,19,23,35H,4-6,10-16,18H2,1-3H3;7,9,11,19,22,34H,3-6,8,10,12-18H2,1-2H3;5-6,8-10,34H,2-4,7,11-18H2,1H3;4-5,7-9,19,33H,1-3,6,10-18H2. The Morgan fingerprint density at radius 2 is 0.766 bits per heavy atom. The minimum Gasteiger partial charge on any atom is -0.395 e. The fraction of sp³-hybridized carbons (Fsp3) is 0.518. The average Bonchev–Trinajstić information content (AvgIpc) is 1.60. The molecule has 23 nitrogen and oxygen atoms in total. The first-order chi connectivity index (χ1) is 68.8. The summed E-state index contributed by atoms with van der Waals surface area (Å²) in [6.45, 7) is 35.9. The third kappa shape index (κ3) is 21.5. The van der Waals surface area contributed by atoms with Crippen LogP contribution >= 0.6 is 45.3 Å². The number of aryl methyl sites for hydroxylation is 2. The molecule has 742 valence electrons. The maximum Gasteiger partial charge on any atom is 0.248 e. The summed E-state index contributed by atoms with van der Waals surface area (Å²) in [4.78, 5) is 78.6. The van der Waals surface area contributed by atoms with Crippen molar-refractivity contribution in [2.24, 2.45) is 11.8 Å². The van der Waals surface area contributed by atoms with E-state index >= 15 is 0 Å². The van der Waals surface area contributed by atoms with Crippen molar-refractivity contribution in [3.8, 4) is 45.0 Å². The number of fused-ring (bicyclic) bond motifs is 8. The lowest BCUT2D eigenvalue weighted by atomic mass is 9.83. The van der Waals surface area contributed by atoms with Crippen LogP contribution in [0.2, 0.25) is 0 Å². The van der Waals surface area contributed by atoms with Crippen LogP contribution in [-0.4, -0.2) is 257 Å². The van der Waals surface area contributed by atoms with E-state index in [0.29, 0.717) is 24.9 Å². The van der Waals surface area contributed by atoms with Gasteiger partial charge in [-0.25, -0.2) is 39.9 Å². The number of likely N-dealkylation sites (tertiary alicyclic amines) is 2. The van der Waals surface area contributed by atoms with Crippen molar-refractivity contribution < 1.29 is 25.2 Å². The monoisotopic (exact) mass is 1970 g/mol. The number of hydrogen-bond acceptors (Lipinski definition) is 26. The zero-order chi connectivity index (χ0) is 96.4. The number of rotatable bonds is 21. The Morgan fingerprint density at radius 1 is 0.390 bits per heavy atom. The Labute approximate surface area is 848 Å². The minimum absolute atomic E-state index is 0.181. The van der Waals surface area contributed by atoms with Gasteiger partial charge in [-0.2, -0.15) is 0 Å². The molecule has 24 rings (SSSR count). The number of nitrogens with zero attached hydrogens (tertiary/aromatic N) is 18. The SMILES string of the molecule is CC(C)(O)C1CCN(Cc2csc3c(-c4cccc5c4CCC5)nc(N4CCCCC4)nc23)CC1.CC1=Cc2c(cccc2-c2nc(N3CCCCC3)nc3c(CN4CCC(C(C)(C)O)CC4)csc23)C1.Cc1sc2c(-c3cccc4c3C=CC4)nc(N3CCCCC3)nc2c1CN1CCN(C(=O)CO)CC1.OCCN1CCN(Cc2csc3c(-c4cccc5c4C=CC5)nc(N4CCCCC4)nc23)CC1. The molecular formula is C114H142N18O5S4. The quantitative estimate of drug-likeness (QED) is 0.0523. The van der Waals surface area contributed by atoms with E-state index < -0.39 is 17.8 Å². The lowest BCUT2D eigenvalue weighted by Crippen LogP contribution is -2.49. The van der Waals surface area contributed by atoms with Crippen molar-refractivity contribution in [1.29, 1.82) is 0 Å². The van der Waals surface area contributed by atoms with Gasteiger partial charge in [-0.1, -0.05) is 109 Å². The molecule has 16 heterocycles. The number of piperidine rings is 6. The Bertz CT molecular complexity index is 6560. The molecule has 0 radical (unpaired) electrons. The second kappa shape index (κ2) is 43.5. The molecule has 4 aromatic carbocycles. The van der Waals surface area contributed by atoms with Gasteiger partial charge in [0.25, 0.3) is 0 Å². The number of β-amino-alcohol motifs (C(OH)–C–C–N with tert-alkyl or cyclic N) is 1. The van der Waals surface area contributed by atoms with Gasteiger partial charge in [-0.3, -0.25) is 29.3 Å². The fourth-order valence-electron chi connectivity index (χ4n) is 23.9. The summed E-state index contributed by atoms with van der Waals surface area (Å²) in [7, 11) is 0. The lowest BCUT2D eigenvalue weighted by Gasteiger charge is -2.37. The van der Waals surface area contributed by atoms with E-state index in [9.17, 15) is 25.2 Å². The van der Waals surface area contributed by atoms with Crippen LogP contribution in [0.3, 0.4) is 0 Å². The van der Waals surface area contributed by atoms with Crippen LogP contribution in [-0.2, 0) is 63.1 Å². The molecule has 8 aliphatic heterocycles. The average molecular weight is 1970 g/mol. The van der Waals surface area contributed by atoms with Crippen LogP contribution < -0.4 is 19.6 Å². The van der Waals surface area contributed by atoms with Crippen molar-refractivity contribution in [3.05, 3.63) is 178 Å². The Kier molecular flexibility index (Phi) is 30.1. The van der Waals surface area contributed by atoms with Gasteiger partial charge < -0.3 is 44.9 Å². The summed E-state index contributed by atoms with van der Waals surface area (Å²) < 4.78 is 4.84. The largest absolute Gasteiger partial charge is 0.395 e. The highest BCUT2D eigenvalue weighted by Crippen LogP contribution is 2.48. The fourth-order valence-corrected chi connectivity index (χ4v) is 28.0. The highest BCUT2D eigenvalue weighted by molar-refractivity contribution is 7.20. The van der Waals surface area contributed by atoms with Gasteiger partial charge in [0.2, 0.25) is 29.7 Å². The van der Waals surface area contributed by atoms with Crippen molar-refractivity contribution >= 4 is 134 Å². The summed E-state index contributed by atoms with van der Waals surface area (Å²) >= 11 is 7.22. The van der Waals surface area contributed by atoms with E-state index in [4.69, 9.17) is 39.9 Å². The molecule has 0 unspecified atom stereocenters. The zero-order valence-electron chi connectivity index (χ0n) is 83.7. The highest BCUT2D eigenvalue weighted by Gasteiger charge is 2.37. The molecule has 4 aliphatic carbocycles. The highest BCUT2D eigenvalue weighted by atomic mass is 32.1. The molecule has 0 bridgehead atoms. The van der Waals surface area contributed by atoms with Gasteiger partial charge in [0.1, 0.15) is 6.61 Å². The molecule has 8 fully saturated rings. The third-order valence-electron chi connectivity index (χ3n) is 32.1. The predicted octanol–water partition coefficient (Wildman–Crippen LogP) is 20.0. The van der Waals surface area contributed by atoms with E-state index in [1.54, 1.807) is 38.9 Å². The van der Waals surface area contributed by atoms with Crippen molar-refractivity contribution in [1.82, 2.24) is 69.3 Å². The van der Waals surface area contributed by atoms with E-state index in [2.05, 4.69) is 177 Å². The topological polar surface area (TPSA) is 234 Å². The molecule has 8 saturated heterocycles. The van der Waals surface area contributed by atoms with Crippen LogP contribution in [0.4, 0.5) is 23.8 Å². The Balaban J connectivity index is 0.000000111. The van der Waals surface area contributed by atoms with Crippen molar-refractivity contribution in [2.75, 3.05) is 170 Å². The smallest absolute Gasteiger partial charge is 0.248 e. The molecule has 0 saturated carbocycles. The molecule has 0 atom stereocenters. The molecule has 8 aromatic heterocycles. The maximum atomic E-state index is 11.9. The molecular weight excluding hydrogens is 1830 g/mol. The summed E-state index contributed by atoms with van der Waals surface area (Å²) in [5.41, 5.74) is 30.5. The Hall–Kier alpha value is -9.43. The van der Waals surface area contributed by atoms with E-state index in [0.717, 1.165) is 271 Å². The van der Waals surface area contributed by atoms with Gasteiger partial charge in [-0.05, 0) is 281 Å². The number of piperazine rings is 2.